The molecule has 0 aliphatic carbocycles. The molecular formula is C13H22N4O2S. The Morgan fingerprint density at radius 3 is 2.65 bits per heavy atom. The van der Waals surface area contributed by atoms with Crippen LogP contribution in [0.4, 0.5) is 0 Å². The summed E-state index contributed by atoms with van der Waals surface area (Å²) in [6, 6.07) is 0. The second-order valence-electron chi connectivity index (χ2n) is 5.05. The van der Waals surface area contributed by atoms with Gasteiger partial charge in [0.1, 0.15) is 0 Å². The first-order valence-corrected chi connectivity index (χ1v) is 8.26. The summed E-state index contributed by atoms with van der Waals surface area (Å²) in [6.07, 6.45) is 5.49. The van der Waals surface area contributed by atoms with Gasteiger partial charge in [-0.3, -0.25) is 9.36 Å². The first-order valence-electron chi connectivity index (χ1n) is 7.28. The van der Waals surface area contributed by atoms with Gasteiger partial charge in [-0.2, -0.15) is 0 Å². The van der Waals surface area contributed by atoms with E-state index in [1.807, 2.05) is 11.8 Å². The molecule has 1 fully saturated rings. The van der Waals surface area contributed by atoms with Crippen LogP contribution in [-0.4, -0.2) is 44.4 Å². The number of carbonyl (C=O) groups is 1. The molecule has 0 radical (unpaired) electrons. The Morgan fingerprint density at radius 1 is 1.30 bits per heavy atom. The summed E-state index contributed by atoms with van der Waals surface area (Å²) in [5.74, 6) is 0.504. The molecule has 1 aliphatic rings. The molecule has 1 aromatic heterocycles. The highest BCUT2D eigenvalue weighted by molar-refractivity contribution is 7.99. The van der Waals surface area contributed by atoms with Crippen molar-refractivity contribution < 1.29 is 4.79 Å². The van der Waals surface area contributed by atoms with Crippen molar-refractivity contribution in [1.82, 2.24) is 19.7 Å². The maximum Gasteiger partial charge on any atom is 0.343 e. The second kappa shape index (κ2) is 7.52. The van der Waals surface area contributed by atoms with E-state index in [2.05, 4.69) is 10.2 Å². The molecular weight excluding hydrogens is 276 g/mol. The van der Waals surface area contributed by atoms with E-state index in [-0.39, 0.29) is 11.6 Å². The van der Waals surface area contributed by atoms with E-state index in [1.54, 1.807) is 4.57 Å². The molecule has 0 saturated carbocycles. The summed E-state index contributed by atoms with van der Waals surface area (Å²) >= 11 is 1.35. The fraction of sp³-hybridized carbons (Fsp3) is 0.769. The number of carbonyl (C=O) groups excluding carboxylic acids is 1. The van der Waals surface area contributed by atoms with E-state index in [1.165, 1.54) is 24.6 Å². The molecule has 0 aromatic carbocycles. The van der Waals surface area contributed by atoms with Gasteiger partial charge in [0.2, 0.25) is 5.91 Å². The lowest BCUT2D eigenvalue weighted by atomic mass is 10.2. The fourth-order valence-corrected chi connectivity index (χ4v) is 3.25. The van der Waals surface area contributed by atoms with Crippen molar-refractivity contribution in [3.8, 4) is 0 Å². The Kier molecular flexibility index (Phi) is 5.70. The van der Waals surface area contributed by atoms with Gasteiger partial charge in [-0.1, -0.05) is 31.5 Å². The third kappa shape index (κ3) is 3.88. The van der Waals surface area contributed by atoms with Gasteiger partial charge >= 0.3 is 5.69 Å². The molecule has 1 N–H and O–H groups in total. The first kappa shape index (κ1) is 15.2. The normalized spacial score (nSPS) is 16.1. The van der Waals surface area contributed by atoms with E-state index in [9.17, 15) is 9.59 Å². The van der Waals surface area contributed by atoms with Crippen LogP contribution in [0, 0.1) is 0 Å². The van der Waals surface area contributed by atoms with Gasteiger partial charge < -0.3 is 4.90 Å². The summed E-state index contributed by atoms with van der Waals surface area (Å²) in [6.45, 7) is 4.37. The Labute approximate surface area is 122 Å². The zero-order chi connectivity index (χ0) is 14.4. The van der Waals surface area contributed by atoms with E-state index in [0.29, 0.717) is 17.5 Å². The predicted molar refractivity (Wildman–Crippen MR) is 78.9 cm³/mol. The second-order valence-corrected chi connectivity index (χ2v) is 5.99. The zero-order valence-electron chi connectivity index (χ0n) is 11.9. The number of nitrogens with one attached hydrogen (secondary N) is 1. The molecule has 1 aliphatic heterocycles. The largest absolute Gasteiger partial charge is 0.343 e. The third-order valence-electron chi connectivity index (χ3n) is 3.45. The summed E-state index contributed by atoms with van der Waals surface area (Å²) in [5, 5.41) is 7.05. The predicted octanol–water partition coefficient (Wildman–Crippen LogP) is 1.48. The Hall–Kier alpha value is -1.24. The standard InChI is InChI=1S/C13H22N4O2S/c1-2-7-17-12(19)14-15-13(17)20-10-11(18)16-8-5-3-4-6-9-16/h2-10H2,1H3,(H,14,19). The highest BCUT2D eigenvalue weighted by atomic mass is 32.2. The number of rotatable bonds is 5. The summed E-state index contributed by atoms with van der Waals surface area (Å²) in [5.41, 5.74) is -0.198. The molecule has 6 nitrogen and oxygen atoms in total. The maximum absolute atomic E-state index is 12.2. The molecule has 1 saturated heterocycles. The van der Waals surface area contributed by atoms with E-state index in [4.69, 9.17) is 0 Å². The first-order chi connectivity index (χ1) is 9.72. The van der Waals surface area contributed by atoms with Gasteiger partial charge in [0.15, 0.2) is 5.16 Å². The van der Waals surface area contributed by atoms with Gasteiger partial charge in [0.25, 0.3) is 0 Å². The SMILES string of the molecule is CCCn1c(SCC(=O)N2CCCCCC2)n[nH]c1=O. The van der Waals surface area contributed by atoms with Crippen molar-refractivity contribution in [2.24, 2.45) is 0 Å². The number of H-pyrrole nitrogens is 1. The van der Waals surface area contributed by atoms with Gasteiger partial charge in [-0.05, 0) is 19.3 Å². The molecule has 2 rings (SSSR count). The molecule has 20 heavy (non-hydrogen) atoms. The molecule has 1 amide bonds. The Bertz CT molecular complexity index is 489. The van der Waals surface area contributed by atoms with Crippen LogP contribution >= 0.6 is 11.8 Å². The van der Waals surface area contributed by atoms with Crippen LogP contribution < -0.4 is 5.69 Å². The maximum atomic E-state index is 12.2. The van der Waals surface area contributed by atoms with Crippen LogP contribution in [0.25, 0.3) is 0 Å². The van der Waals surface area contributed by atoms with Gasteiger partial charge in [0, 0.05) is 19.6 Å². The van der Waals surface area contributed by atoms with Crippen molar-refractivity contribution in [3.63, 3.8) is 0 Å². The van der Waals surface area contributed by atoms with Gasteiger partial charge in [-0.25, -0.2) is 9.89 Å². The minimum atomic E-state index is -0.198. The number of hydrogen-bond donors (Lipinski definition) is 1. The number of hydrogen-bond acceptors (Lipinski definition) is 4. The third-order valence-corrected chi connectivity index (χ3v) is 4.42. The zero-order valence-corrected chi connectivity index (χ0v) is 12.7. The van der Waals surface area contributed by atoms with E-state index < -0.39 is 0 Å². The van der Waals surface area contributed by atoms with Gasteiger partial charge in [-0.15, -0.1) is 5.10 Å². The topological polar surface area (TPSA) is 71.0 Å². The van der Waals surface area contributed by atoms with E-state index >= 15 is 0 Å². The lowest BCUT2D eigenvalue weighted by molar-refractivity contribution is -0.128. The fourth-order valence-electron chi connectivity index (χ4n) is 2.37. The molecule has 1 aromatic rings. The smallest absolute Gasteiger partial charge is 0.342 e. The number of aromatic amines is 1. The van der Waals surface area contributed by atoms with Crippen molar-refractivity contribution in [2.75, 3.05) is 18.8 Å². The molecule has 0 spiro atoms. The lowest BCUT2D eigenvalue weighted by Gasteiger charge is -2.19. The van der Waals surface area contributed by atoms with Crippen LogP contribution in [0.1, 0.15) is 39.0 Å². The molecule has 7 heteroatoms. The number of likely N-dealkylation sites (tertiary alicyclic amines) is 1. The van der Waals surface area contributed by atoms with Gasteiger partial charge in [0.05, 0.1) is 5.75 Å². The van der Waals surface area contributed by atoms with E-state index in [0.717, 1.165) is 32.4 Å². The van der Waals surface area contributed by atoms with Crippen molar-refractivity contribution >= 4 is 17.7 Å². The monoisotopic (exact) mass is 298 g/mol. The number of nitrogens with zero attached hydrogens (tertiary/aromatic N) is 3. The van der Waals surface area contributed by atoms with Crippen LogP contribution in [0.3, 0.4) is 0 Å². The molecule has 112 valence electrons. The molecule has 0 bridgehead atoms. The molecule has 2 heterocycles. The average Bonchev–Trinajstić information content (AvgIpc) is 2.68. The van der Waals surface area contributed by atoms with Crippen LogP contribution in [0.2, 0.25) is 0 Å². The van der Waals surface area contributed by atoms with Crippen LogP contribution in [0.15, 0.2) is 9.95 Å². The minimum Gasteiger partial charge on any atom is -0.342 e. The summed E-state index contributed by atoms with van der Waals surface area (Å²) in [7, 11) is 0. The lowest BCUT2D eigenvalue weighted by Crippen LogP contribution is -2.33. The number of aromatic nitrogens is 3. The van der Waals surface area contributed by atoms with Crippen molar-refractivity contribution in [1.29, 1.82) is 0 Å². The highest BCUT2D eigenvalue weighted by Crippen LogP contribution is 2.16. The van der Waals surface area contributed by atoms with Crippen molar-refractivity contribution in [2.45, 2.75) is 50.7 Å². The van der Waals surface area contributed by atoms with Crippen molar-refractivity contribution in [3.05, 3.63) is 10.5 Å². The average molecular weight is 298 g/mol. The highest BCUT2D eigenvalue weighted by Gasteiger charge is 2.17. The van der Waals surface area contributed by atoms with Crippen LogP contribution in [0.5, 0.6) is 0 Å². The summed E-state index contributed by atoms with van der Waals surface area (Å²) in [4.78, 5) is 25.7. The van der Waals surface area contributed by atoms with Crippen LogP contribution in [-0.2, 0) is 11.3 Å². The molecule has 0 atom stereocenters. The Balaban J connectivity index is 1.91. The quantitative estimate of drug-likeness (QED) is 0.836. The summed E-state index contributed by atoms with van der Waals surface area (Å²) < 4.78 is 1.60. The number of amides is 1. The number of thioether (sulfide) groups is 1. The molecule has 0 unspecified atom stereocenters. The minimum absolute atomic E-state index is 0.149. The Morgan fingerprint density at radius 2 is 2.00 bits per heavy atom.